The van der Waals surface area contributed by atoms with Crippen molar-refractivity contribution in [2.24, 2.45) is 0 Å². The smallest absolute Gasteiger partial charge is 0.251 e. The maximum atomic E-state index is 12.0. The van der Waals surface area contributed by atoms with Gasteiger partial charge in [-0.3, -0.25) is 0 Å². The van der Waals surface area contributed by atoms with E-state index in [1.54, 1.807) is 4.72 Å². The zero-order valence-electron chi connectivity index (χ0n) is 9.53. The highest BCUT2D eigenvalue weighted by Crippen LogP contribution is 2.22. The Morgan fingerprint density at radius 3 is 2.63 bits per heavy atom. The van der Waals surface area contributed by atoms with E-state index in [1.165, 1.54) is 12.1 Å². The van der Waals surface area contributed by atoms with Gasteiger partial charge >= 0.3 is 0 Å². The molecule has 104 valence electrons. The number of benzene rings is 1. The molecule has 1 rings (SSSR count). The van der Waals surface area contributed by atoms with E-state index in [1.807, 2.05) is 0 Å². The Morgan fingerprint density at radius 2 is 2.11 bits per heavy atom. The van der Waals surface area contributed by atoms with Gasteiger partial charge in [0.2, 0.25) is 10.0 Å². The van der Waals surface area contributed by atoms with Crippen molar-refractivity contribution in [1.82, 2.24) is 4.72 Å². The molecular formula is C11H10ClF2NO3S. The van der Waals surface area contributed by atoms with Crippen LogP contribution >= 0.6 is 11.6 Å². The molecule has 2 N–H and O–H groups in total. The predicted octanol–water partition coefficient (Wildman–Crippen LogP) is 1.23. The van der Waals surface area contributed by atoms with Crippen LogP contribution in [0.4, 0.5) is 8.78 Å². The van der Waals surface area contributed by atoms with Gasteiger partial charge in [-0.1, -0.05) is 23.4 Å². The Balaban J connectivity index is 3.02. The zero-order chi connectivity index (χ0) is 14.5. The Morgan fingerprint density at radius 1 is 1.42 bits per heavy atom. The molecule has 0 spiro atoms. The van der Waals surface area contributed by atoms with Crippen LogP contribution in [0, 0.1) is 11.8 Å². The van der Waals surface area contributed by atoms with Crippen LogP contribution in [0.2, 0.25) is 5.02 Å². The highest BCUT2D eigenvalue weighted by atomic mass is 35.5. The van der Waals surface area contributed by atoms with Crippen molar-refractivity contribution in [2.75, 3.05) is 13.2 Å². The van der Waals surface area contributed by atoms with Crippen molar-refractivity contribution in [2.45, 2.75) is 11.3 Å². The minimum Gasteiger partial charge on any atom is -0.384 e. The number of aliphatic hydroxyl groups is 1. The molecule has 0 aromatic heterocycles. The minimum absolute atomic E-state index is 0.133. The van der Waals surface area contributed by atoms with E-state index < -0.39 is 23.0 Å². The summed E-state index contributed by atoms with van der Waals surface area (Å²) in [5, 5.41) is 8.39. The van der Waals surface area contributed by atoms with Crippen molar-refractivity contribution in [3.8, 4) is 11.8 Å². The fraction of sp³-hybridized carbons (Fsp3) is 0.273. The molecule has 0 amide bonds. The maximum absolute atomic E-state index is 12.0. The lowest BCUT2D eigenvalue weighted by atomic mass is 10.2. The van der Waals surface area contributed by atoms with Crippen molar-refractivity contribution >= 4 is 21.6 Å². The summed E-state index contributed by atoms with van der Waals surface area (Å²) >= 11 is 5.77. The molecule has 4 nitrogen and oxygen atoms in total. The van der Waals surface area contributed by atoms with Gasteiger partial charge in [-0.25, -0.2) is 21.9 Å². The Kier molecular flexibility index (Phi) is 5.69. The van der Waals surface area contributed by atoms with Crippen LogP contribution in [-0.2, 0) is 10.0 Å². The second kappa shape index (κ2) is 6.82. The van der Waals surface area contributed by atoms with Crippen LogP contribution in [0.25, 0.3) is 0 Å². The lowest BCUT2D eigenvalue weighted by Crippen LogP contribution is -2.28. The van der Waals surface area contributed by atoms with Gasteiger partial charge in [-0.15, -0.1) is 0 Å². The first-order valence-electron chi connectivity index (χ1n) is 5.04. The average molecular weight is 310 g/mol. The van der Waals surface area contributed by atoms with Gasteiger partial charge in [0.15, 0.2) is 0 Å². The van der Waals surface area contributed by atoms with E-state index in [9.17, 15) is 17.2 Å². The molecule has 0 heterocycles. The van der Waals surface area contributed by atoms with Crippen molar-refractivity contribution in [1.29, 1.82) is 0 Å². The highest BCUT2D eigenvalue weighted by molar-refractivity contribution is 7.89. The summed E-state index contributed by atoms with van der Waals surface area (Å²) in [6.45, 7) is -1.32. The molecular weight excluding hydrogens is 300 g/mol. The SMILES string of the molecule is O=S(=O)(NCC(F)F)c1ccc(C#CCO)cc1Cl. The summed E-state index contributed by atoms with van der Waals surface area (Å²) < 4.78 is 49.1. The number of halogens is 3. The molecule has 1 aromatic carbocycles. The fourth-order valence-corrected chi connectivity index (χ4v) is 2.74. The van der Waals surface area contributed by atoms with E-state index in [2.05, 4.69) is 11.8 Å². The van der Waals surface area contributed by atoms with Gasteiger partial charge in [0.05, 0.1) is 11.6 Å². The van der Waals surface area contributed by atoms with Crippen molar-refractivity contribution in [3.05, 3.63) is 28.8 Å². The molecule has 1 aromatic rings. The second-order valence-corrected chi connectivity index (χ2v) is 5.49. The predicted molar refractivity (Wildman–Crippen MR) is 66.6 cm³/mol. The standard InChI is InChI=1S/C11H10ClF2NO3S/c12-9-6-8(2-1-5-16)3-4-10(9)19(17,18)15-7-11(13)14/h3-4,6,11,15-16H,5,7H2. The van der Waals surface area contributed by atoms with Crippen LogP contribution in [0.1, 0.15) is 5.56 Å². The topological polar surface area (TPSA) is 66.4 Å². The van der Waals surface area contributed by atoms with Gasteiger partial charge in [-0.2, -0.15) is 0 Å². The van der Waals surface area contributed by atoms with Crippen LogP contribution in [-0.4, -0.2) is 33.1 Å². The van der Waals surface area contributed by atoms with Crippen molar-refractivity contribution in [3.63, 3.8) is 0 Å². The van der Waals surface area contributed by atoms with Crippen LogP contribution in [0.3, 0.4) is 0 Å². The summed E-state index contributed by atoms with van der Waals surface area (Å²) in [5.41, 5.74) is 0.409. The Bertz CT molecular complexity index is 608. The molecule has 0 aliphatic heterocycles. The largest absolute Gasteiger partial charge is 0.384 e. The molecule has 0 saturated heterocycles. The van der Waals surface area contributed by atoms with E-state index in [-0.39, 0.29) is 16.5 Å². The van der Waals surface area contributed by atoms with Gasteiger partial charge < -0.3 is 5.11 Å². The van der Waals surface area contributed by atoms with Gasteiger partial charge in [0, 0.05) is 5.56 Å². The second-order valence-electron chi connectivity index (χ2n) is 3.35. The quantitative estimate of drug-likeness (QED) is 0.822. The molecule has 0 unspecified atom stereocenters. The van der Waals surface area contributed by atoms with Gasteiger partial charge in [0.25, 0.3) is 6.43 Å². The molecule has 0 aliphatic carbocycles. The van der Waals surface area contributed by atoms with Crippen LogP contribution in [0.15, 0.2) is 23.1 Å². The first kappa shape index (κ1) is 15.9. The molecule has 8 heteroatoms. The number of alkyl halides is 2. The molecule has 0 saturated carbocycles. The molecule has 0 fully saturated rings. The summed E-state index contributed by atoms with van der Waals surface area (Å²) in [6.07, 6.45) is -2.79. The monoisotopic (exact) mass is 309 g/mol. The Hall–Kier alpha value is -1.20. The molecule has 19 heavy (non-hydrogen) atoms. The lowest BCUT2D eigenvalue weighted by Gasteiger charge is -2.08. The third-order valence-electron chi connectivity index (χ3n) is 1.96. The van der Waals surface area contributed by atoms with Gasteiger partial charge in [0.1, 0.15) is 11.5 Å². The number of nitrogens with one attached hydrogen (secondary N) is 1. The van der Waals surface area contributed by atoms with Crippen LogP contribution in [0.5, 0.6) is 0 Å². The van der Waals surface area contributed by atoms with E-state index in [4.69, 9.17) is 16.7 Å². The first-order valence-corrected chi connectivity index (χ1v) is 6.90. The number of rotatable bonds is 4. The van der Waals surface area contributed by atoms with Crippen LogP contribution < -0.4 is 4.72 Å². The lowest BCUT2D eigenvalue weighted by molar-refractivity contribution is 0.153. The van der Waals surface area contributed by atoms with E-state index in [0.29, 0.717) is 5.56 Å². The number of hydrogen-bond donors (Lipinski definition) is 2. The first-order chi connectivity index (χ1) is 8.86. The molecule has 0 bridgehead atoms. The van der Waals surface area contributed by atoms with Crippen molar-refractivity contribution < 1.29 is 22.3 Å². The molecule has 0 radical (unpaired) electrons. The number of hydrogen-bond acceptors (Lipinski definition) is 3. The van der Waals surface area contributed by atoms with Gasteiger partial charge in [-0.05, 0) is 18.2 Å². The molecule has 0 atom stereocenters. The zero-order valence-corrected chi connectivity index (χ0v) is 11.1. The summed E-state index contributed by atoms with van der Waals surface area (Å²) in [6, 6.07) is 3.81. The Labute approximate surface area is 114 Å². The summed E-state index contributed by atoms with van der Waals surface area (Å²) in [5.74, 6) is 4.92. The normalized spacial score (nSPS) is 11.2. The minimum atomic E-state index is -4.08. The van der Waals surface area contributed by atoms with E-state index in [0.717, 1.165) is 6.07 Å². The fourth-order valence-electron chi connectivity index (χ4n) is 1.19. The van der Waals surface area contributed by atoms with E-state index >= 15 is 0 Å². The highest BCUT2D eigenvalue weighted by Gasteiger charge is 2.19. The number of sulfonamides is 1. The summed E-state index contributed by atoms with van der Waals surface area (Å²) in [4.78, 5) is -0.302. The maximum Gasteiger partial charge on any atom is 0.251 e. The third kappa shape index (κ3) is 4.76. The third-order valence-corrected chi connectivity index (χ3v) is 3.87. The average Bonchev–Trinajstić information content (AvgIpc) is 2.34. The summed E-state index contributed by atoms with van der Waals surface area (Å²) in [7, 11) is -4.08. The molecule has 0 aliphatic rings. The number of aliphatic hydroxyl groups excluding tert-OH is 1.